The van der Waals surface area contributed by atoms with Gasteiger partial charge in [0.05, 0.1) is 5.25 Å². The lowest BCUT2D eigenvalue weighted by atomic mass is 10.3. The molecule has 0 spiro atoms. The molecule has 0 rings (SSSR count). The van der Waals surface area contributed by atoms with Crippen molar-refractivity contribution in [3.63, 3.8) is 0 Å². The van der Waals surface area contributed by atoms with Gasteiger partial charge in [-0.2, -0.15) is 11.8 Å². The smallest absolute Gasteiger partial charge is 0.198 e. The van der Waals surface area contributed by atoms with Crippen molar-refractivity contribution in [3.8, 4) is 0 Å². The summed E-state index contributed by atoms with van der Waals surface area (Å²) < 4.78 is 0. The van der Waals surface area contributed by atoms with Crippen LogP contribution in [0.4, 0.5) is 0 Å². The fourth-order valence-electron chi connectivity index (χ4n) is 0.604. The lowest BCUT2D eigenvalue weighted by Crippen LogP contribution is -2.09. The highest BCUT2D eigenvalue weighted by Gasteiger charge is 2.10. The van der Waals surface area contributed by atoms with Gasteiger partial charge in [-0.25, -0.2) is 0 Å². The number of hydrogen-bond donors (Lipinski definition) is 1. The second-order valence-electron chi connectivity index (χ2n) is 1.85. The molecule has 0 aliphatic carbocycles. The van der Waals surface area contributed by atoms with Crippen molar-refractivity contribution >= 4 is 29.5 Å². The second-order valence-corrected chi connectivity index (χ2v) is 3.33. The number of thioether (sulfide) groups is 1. The lowest BCUT2D eigenvalue weighted by Gasteiger charge is -2.06. The molecule has 54 valence electrons. The molecule has 0 aliphatic heterocycles. The summed E-state index contributed by atoms with van der Waals surface area (Å²) in [6.45, 7) is 2.07. The van der Waals surface area contributed by atoms with Gasteiger partial charge in [-0.1, -0.05) is 13.3 Å². The molecule has 0 aliphatic rings. The molecule has 9 heavy (non-hydrogen) atoms. The van der Waals surface area contributed by atoms with Gasteiger partial charge in [-0.05, 0) is 12.7 Å². The first-order valence-electron chi connectivity index (χ1n) is 2.98. The maximum absolute atomic E-state index is 10.6. The molecule has 0 saturated heterocycles. The third kappa shape index (κ3) is 3.87. The van der Waals surface area contributed by atoms with Crippen molar-refractivity contribution in [1.29, 1.82) is 0 Å². The van der Waals surface area contributed by atoms with Crippen LogP contribution in [0.3, 0.4) is 0 Å². The Labute approximate surface area is 66.0 Å². The summed E-state index contributed by atoms with van der Waals surface area (Å²) in [5, 5.41) is 0.114. The van der Waals surface area contributed by atoms with Crippen LogP contribution in [-0.4, -0.2) is 16.6 Å². The minimum absolute atomic E-state index is 0.00403. The highest BCUT2D eigenvalue weighted by molar-refractivity contribution is 8.04. The van der Waals surface area contributed by atoms with Crippen LogP contribution in [0.15, 0.2) is 0 Å². The molecule has 0 radical (unpaired) electrons. The van der Waals surface area contributed by atoms with Crippen LogP contribution in [0, 0.1) is 0 Å². The molecule has 3 heteroatoms. The summed E-state index contributed by atoms with van der Waals surface area (Å²) in [6.07, 6.45) is 3.94. The molecular formula is C6H12OS2. The summed E-state index contributed by atoms with van der Waals surface area (Å²) >= 11 is 5.32. The Kier molecular flexibility index (Phi) is 5.39. The van der Waals surface area contributed by atoms with E-state index in [2.05, 4.69) is 19.6 Å². The van der Waals surface area contributed by atoms with Gasteiger partial charge in [0.15, 0.2) is 5.12 Å². The largest absolute Gasteiger partial charge is 0.286 e. The van der Waals surface area contributed by atoms with Crippen LogP contribution in [-0.2, 0) is 4.79 Å². The van der Waals surface area contributed by atoms with E-state index in [-0.39, 0.29) is 10.4 Å². The van der Waals surface area contributed by atoms with E-state index < -0.39 is 0 Å². The van der Waals surface area contributed by atoms with Crippen molar-refractivity contribution in [2.24, 2.45) is 0 Å². The third-order valence-electron chi connectivity index (χ3n) is 1.11. The van der Waals surface area contributed by atoms with Gasteiger partial charge < -0.3 is 0 Å². The maximum Gasteiger partial charge on any atom is 0.198 e. The SMILES string of the molecule is CCCC(SC)C(=O)S. The summed E-state index contributed by atoms with van der Waals surface area (Å²) in [4.78, 5) is 10.6. The molecule has 0 aromatic rings. The molecule has 0 amide bonds. The quantitative estimate of drug-likeness (QED) is 0.640. The van der Waals surface area contributed by atoms with E-state index in [1.165, 1.54) is 0 Å². The molecule has 0 fully saturated rings. The second kappa shape index (κ2) is 5.18. The van der Waals surface area contributed by atoms with Gasteiger partial charge in [0.1, 0.15) is 0 Å². The summed E-state index contributed by atoms with van der Waals surface area (Å²) in [5.41, 5.74) is 0. The van der Waals surface area contributed by atoms with E-state index in [4.69, 9.17) is 0 Å². The maximum atomic E-state index is 10.6. The standard InChI is InChI=1S/C6H12OS2/c1-3-4-5(9-2)6(7)8/h5H,3-4H2,1-2H3,(H,7,8). The Balaban J connectivity index is 3.54. The fourth-order valence-corrected chi connectivity index (χ4v) is 1.72. The van der Waals surface area contributed by atoms with Gasteiger partial charge in [-0.15, -0.1) is 12.6 Å². The lowest BCUT2D eigenvalue weighted by molar-refractivity contribution is -0.110. The normalized spacial score (nSPS) is 13.2. The van der Waals surface area contributed by atoms with Crippen LogP contribution in [0.5, 0.6) is 0 Å². The first-order valence-corrected chi connectivity index (χ1v) is 4.71. The molecule has 1 atom stereocenters. The zero-order valence-corrected chi connectivity index (χ0v) is 7.47. The van der Waals surface area contributed by atoms with E-state index >= 15 is 0 Å². The molecule has 0 N–H and O–H groups in total. The van der Waals surface area contributed by atoms with E-state index in [1.807, 2.05) is 6.26 Å². The Morgan fingerprint density at radius 1 is 1.78 bits per heavy atom. The molecule has 0 bridgehead atoms. The topological polar surface area (TPSA) is 17.1 Å². The minimum Gasteiger partial charge on any atom is -0.286 e. The molecule has 0 heterocycles. The average molecular weight is 164 g/mol. The molecule has 0 saturated carbocycles. The number of carbonyl (C=O) groups is 1. The van der Waals surface area contributed by atoms with Gasteiger partial charge >= 0.3 is 0 Å². The van der Waals surface area contributed by atoms with Crippen LogP contribution in [0.25, 0.3) is 0 Å². The molecule has 1 nitrogen and oxygen atoms in total. The van der Waals surface area contributed by atoms with Crippen LogP contribution < -0.4 is 0 Å². The number of carbonyl (C=O) groups excluding carboxylic acids is 1. The third-order valence-corrected chi connectivity index (χ3v) is 2.62. The Morgan fingerprint density at radius 2 is 2.33 bits per heavy atom. The van der Waals surface area contributed by atoms with E-state index in [0.29, 0.717) is 0 Å². The highest BCUT2D eigenvalue weighted by Crippen LogP contribution is 2.14. The molecule has 0 aromatic carbocycles. The van der Waals surface area contributed by atoms with Crippen molar-refractivity contribution < 1.29 is 4.79 Å². The predicted octanol–water partition coefficient (Wildman–Crippen LogP) is 1.97. The van der Waals surface area contributed by atoms with E-state index in [9.17, 15) is 4.79 Å². The molecule has 1 unspecified atom stereocenters. The molecular weight excluding hydrogens is 152 g/mol. The van der Waals surface area contributed by atoms with Crippen LogP contribution in [0.1, 0.15) is 19.8 Å². The Hall–Kier alpha value is 0.370. The van der Waals surface area contributed by atoms with Crippen LogP contribution in [0.2, 0.25) is 0 Å². The van der Waals surface area contributed by atoms with Crippen molar-refractivity contribution in [2.45, 2.75) is 25.0 Å². The van der Waals surface area contributed by atoms with Gasteiger partial charge in [0.25, 0.3) is 0 Å². The zero-order valence-electron chi connectivity index (χ0n) is 5.76. The highest BCUT2D eigenvalue weighted by atomic mass is 32.2. The minimum atomic E-state index is 0.00403. The van der Waals surface area contributed by atoms with Crippen molar-refractivity contribution in [3.05, 3.63) is 0 Å². The van der Waals surface area contributed by atoms with E-state index in [0.717, 1.165) is 12.8 Å². The van der Waals surface area contributed by atoms with Gasteiger partial charge in [0.2, 0.25) is 0 Å². The van der Waals surface area contributed by atoms with Crippen molar-refractivity contribution in [2.75, 3.05) is 6.26 Å². The average Bonchev–Trinajstić information content (AvgIpc) is 1.82. The Bertz CT molecular complexity index is 93.1. The van der Waals surface area contributed by atoms with Crippen LogP contribution >= 0.6 is 24.4 Å². The summed E-state index contributed by atoms with van der Waals surface area (Å²) in [6, 6.07) is 0. The van der Waals surface area contributed by atoms with E-state index in [1.54, 1.807) is 11.8 Å². The number of rotatable bonds is 4. The number of thiol groups is 1. The first-order chi connectivity index (χ1) is 4.22. The Morgan fingerprint density at radius 3 is 2.44 bits per heavy atom. The summed E-state index contributed by atoms with van der Waals surface area (Å²) in [5.74, 6) is 0. The number of hydrogen-bond acceptors (Lipinski definition) is 2. The van der Waals surface area contributed by atoms with Gasteiger partial charge in [-0.3, -0.25) is 4.79 Å². The van der Waals surface area contributed by atoms with Crippen molar-refractivity contribution in [1.82, 2.24) is 0 Å². The summed E-state index contributed by atoms with van der Waals surface area (Å²) in [7, 11) is 0. The monoisotopic (exact) mass is 164 g/mol. The molecule has 0 aromatic heterocycles. The zero-order chi connectivity index (χ0) is 7.28. The van der Waals surface area contributed by atoms with Gasteiger partial charge in [0, 0.05) is 0 Å². The predicted molar refractivity (Wildman–Crippen MR) is 46.2 cm³/mol. The first kappa shape index (κ1) is 9.37. The fraction of sp³-hybridized carbons (Fsp3) is 0.833.